The molecule has 0 saturated heterocycles. The van der Waals surface area contributed by atoms with E-state index in [-0.39, 0.29) is 12.1 Å². The minimum atomic E-state index is -0.445. The molecular formula is C17H15FN4O. The van der Waals surface area contributed by atoms with Crippen LogP contribution in [0.15, 0.2) is 47.6 Å². The van der Waals surface area contributed by atoms with Crippen LogP contribution in [0.4, 0.5) is 4.39 Å². The zero-order chi connectivity index (χ0) is 16.7. The zero-order valence-electron chi connectivity index (χ0n) is 12.6. The number of rotatable bonds is 6. The minimum absolute atomic E-state index is 0.137. The molecule has 2 aromatic rings. The topological polar surface area (TPSA) is 81.8 Å². The average Bonchev–Trinajstić information content (AvgIpc) is 2.57. The number of hydrogen-bond acceptors (Lipinski definition) is 3. The van der Waals surface area contributed by atoms with Crippen LogP contribution in [0.3, 0.4) is 0 Å². The van der Waals surface area contributed by atoms with Gasteiger partial charge in [-0.1, -0.05) is 35.4 Å². The summed E-state index contributed by atoms with van der Waals surface area (Å²) in [5.41, 5.74) is 9.86. The fraction of sp³-hybridized carbons (Fsp3) is 0.235. The second-order valence-electron chi connectivity index (χ2n) is 4.97. The van der Waals surface area contributed by atoms with E-state index >= 15 is 0 Å². The van der Waals surface area contributed by atoms with Crippen molar-refractivity contribution in [2.75, 3.05) is 6.54 Å². The molecule has 23 heavy (non-hydrogen) atoms. The molecule has 5 nitrogen and oxygen atoms in total. The van der Waals surface area contributed by atoms with E-state index < -0.39 is 11.9 Å². The van der Waals surface area contributed by atoms with Gasteiger partial charge in [0.2, 0.25) is 0 Å². The number of aryl methyl sites for hydroxylation is 1. The molecule has 0 N–H and O–H groups in total. The van der Waals surface area contributed by atoms with Crippen LogP contribution in [0.2, 0.25) is 0 Å². The third-order valence-electron chi connectivity index (χ3n) is 3.38. The number of benzene rings is 2. The molecule has 116 valence electrons. The molecule has 2 aromatic carbocycles. The number of nitrogens with zero attached hydrogens (tertiary/aromatic N) is 4. The third kappa shape index (κ3) is 4.22. The highest BCUT2D eigenvalue weighted by molar-refractivity contribution is 5.46. The highest BCUT2D eigenvalue weighted by atomic mass is 19.1. The van der Waals surface area contributed by atoms with Crippen LogP contribution < -0.4 is 4.74 Å². The molecule has 0 radical (unpaired) electrons. The van der Waals surface area contributed by atoms with Crippen molar-refractivity contribution in [1.29, 1.82) is 5.26 Å². The largest absolute Gasteiger partial charge is 0.484 e. The molecule has 0 amide bonds. The van der Waals surface area contributed by atoms with E-state index in [1.807, 2.05) is 36.4 Å². The molecule has 1 atom stereocenters. The van der Waals surface area contributed by atoms with Gasteiger partial charge in [0.1, 0.15) is 23.7 Å². The van der Waals surface area contributed by atoms with Gasteiger partial charge >= 0.3 is 0 Å². The van der Waals surface area contributed by atoms with Gasteiger partial charge in [-0.2, -0.15) is 5.26 Å². The molecule has 0 aliphatic rings. The lowest BCUT2D eigenvalue weighted by Crippen LogP contribution is -2.10. The maximum Gasteiger partial charge on any atom is 0.138 e. The number of ether oxygens (including phenoxy) is 1. The number of azide groups is 1. The molecule has 0 saturated carbocycles. The summed E-state index contributed by atoms with van der Waals surface area (Å²) in [6.45, 7) is 1.87. The van der Waals surface area contributed by atoms with E-state index in [2.05, 4.69) is 10.0 Å². The quantitative estimate of drug-likeness (QED) is 0.435. The predicted molar refractivity (Wildman–Crippen MR) is 84.3 cm³/mol. The Kier molecular flexibility index (Phi) is 5.56. The molecule has 2 rings (SSSR count). The average molecular weight is 310 g/mol. The van der Waals surface area contributed by atoms with Crippen molar-refractivity contribution in [3.05, 3.63) is 75.4 Å². The van der Waals surface area contributed by atoms with Gasteiger partial charge < -0.3 is 4.74 Å². The second kappa shape index (κ2) is 7.83. The summed E-state index contributed by atoms with van der Waals surface area (Å²) in [6, 6.07) is 14.0. The first-order valence-electron chi connectivity index (χ1n) is 7.08. The van der Waals surface area contributed by atoms with Crippen molar-refractivity contribution in [2.45, 2.75) is 19.4 Å². The SMILES string of the molecule is Cc1cc(O[C@H](CCN=[N+]=[N-])c2ccccc2)c(C#N)cc1F. The molecule has 0 fully saturated rings. The Morgan fingerprint density at radius 2 is 2.09 bits per heavy atom. The van der Waals surface area contributed by atoms with Crippen molar-refractivity contribution in [1.82, 2.24) is 0 Å². The number of hydrogen-bond donors (Lipinski definition) is 0. The fourth-order valence-corrected chi connectivity index (χ4v) is 2.17. The normalized spacial score (nSPS) is 11.2. The van der Waals surface area contributed by atoms with Crippen LogP contribution in [0.25, 0.3) is 10.4 Å². The molecular weight excluding hydrogens is 295 g/mol. The van der Waals surface area contributed by atoms with E-state index in [4.69, 9.17) is 15.5 Å². The van der Waals surface area contributed by atoms with Crippen molar-refractivity contribution in [3.63, 3.8) is 0 Å². The number of halogens is 1. The molecule has 0 aromatic heterocycles. The Labute approximate surface area is 133 Å². The standard InChI is InChI=1S/C17H15FN4O/c1-12-9-17(14(11-19)10-15(12)18)23-16(7-8-21-22-20)13-5-3-2-4-6-13/h2-6,9-10,16H,7-8H2,1H3/t16-/m1/s1. The van der Waals surface area contributed by atoms with E-state index in [1.54, 1.807) is 6.92 Å². The summed E-state index contributed by atoms with van der Waals surface area (Å²) in [4.78, 5) is 2.74. The summed E-state index contributed by atoms with van der Waals surface area (Å²) in [7, 11) is 0. The maximum atomic E-state index is 13.6. The zero-order valence-corrected chi connectivity index (χ0v) is 12.6. The Balaban J connectivity index is 2.32. The summed E-state index contributed by atoms with van der Waals surface area (Å²) < 4.78 is 19.5. The predicted octanol–water partition coefficient (Wildman–Crippen LogP) is 4.83. The summed E-state index contributed by atoms with van der Waals surface area (Å²) in [6.07, 6.45) is 0.0636. The molecule has 6 heteroatoms. The first kappa shape index (κ1) is 16.3. The van der Waals surface area contributed by atoms with Crippen LogP contribution >= 0.6 is 0 Å². The molecule has 0 unspecified atom stereocenters. The highest BCUT2D eigenvalue weighted by Crippen LogP contribution is 2.29. The van der Waals surface area contributed by atoms with Crippen LogP contribution in [0.5, 0.6) is 5.75 Å². The van der Waals surface area contributed by atoms with E-state index in [9.17, 15) is 4.39 Å². The van der Waals surface area contributed by atoms with Gasteiger partial charge in [-0.15, -0.1) is 0 Å². The number of nitriles is 1. The van der Waals surface area contributed by atoms with Gasteiger partial charge in [-0.05, 0) is 42.1 Å². The fourth-order valence-electron chi connectivity index (χ4n) is 2.17. The van der Waals surface area contributed by atoms with Gasteiger partial charge in [0.05, 0.1) is 5.56 Å². The van der Waals surface area contributed by atoms with Crippen LogP contribution in [0.1, 0.15) is 29.2 Å². The summed E-state index contributed by atoms with van der Waals surface area (Å²) in [5, 5.41) is 12.7. The van der Waals surface area contributed by atoms with Gasteiger partial charge in [0.25, 0.3) is 0 Å². The Bertz CT molecular complexity index is 764. The molecule has 0 aliphatic heterocycles. The lowest BCUT2D eigenvalue weighted by atomic mass is 10.1. The molecule has 0 heterocycles. The third-order valence-corrected chi connectivity index (χ3v) is 3.38. The molecule has 0 aliphatic carbocycles. The smallest absolute Gasteiger partial charge is 0.138 e. The molecule has 0 spiro atoms. The van der Waals surface area contributed by atoms with E-state index in [1.165, 1.54) is 12.1 Å². The van der Waals surface area contributed by atoms with Crippen molar-refractivity contribution in [3.8, 4) is 11.8 Å². The Hall–Kier alpha value is -3.03. The highest BCUT2D eigenvalue weighted by Gasteiger charge is 2.16. The minimum Gasteiger partial charge on any atom is -0.484 e. The van der Waals surface area contributed by atoms with Crippen molar-refractivity contribution >= 4 is 0 Å². The van der Waals surface area contributed by atoms with Crippen LogP contribution in [-0.4, -0.2) is 6.54 Å². The van der Waals surface area contributed by atoms with Gasteiger partial charge in [-0.25, -0.2) is 4.39 Å². The maximum absolute atomic E-state index is 13.6. The van der Waals surface area contributed by atoms with Gasteiger partial charge in [-0.3, -0.25) is 0 Å². The van der Waals surface area contributed by atoms with Gasteiger partial charge in [0, 0.05) is 11.5 Å². The van der Waals surface area contributed by atoms with Crippen molar-refractivity contribution in [2.24, 2.45) is 5.11 Å². The first-order chi connectivity index (χ1) is 11.2. The Morgan fingerprint density at radius 3 is 2.74 bits per heavy atom. The summed E-state index contributed by atoms with van der Waals surface area (Å²) >= 11 is 0. The van der Waals surface area contributed by atoms with E-state index in [0.717, 1.165) is 5.56 Å². The lowest BCUT2D eigenvalue weighted by Gasteiger charge is -2.20. The van der Waals surface area contributed by atoms with Gasteiger partial charge in [0.15, 0.2) is 0 Å². The summed E-state index contributed by atoms with van der Waals surface area (Å²) in [5.74, 6) is -0.125. The Morgan fingerprint density at radius 1 is 1.35 bits per heavy atom. The van der Waals surface area contributed by atoms with Crippen molar-refractivity contribution < 1.29 is 9.13 Å². The van der Waals surface area contributed by atoms with Crippen LogP contribution in [0, 0.1) is 24.1 Å². The molecule has 0 bridgehead atoms. The lowest BCUT2D eigenvalue weighted by molar-refractivity contribution is 0.197. The van der Waals surface area contributed by atoms with Crippen LogP contribution in [-0.2, 0) is 0 Å². The van der Waals surface area contributed by atoms with E-state index in [0.29, 0.717) is 17.7 Å². The monoisotopic (exact) mass is 310 g/mol. The first-order valence-corrected chi connectivity index (χ1v) is 7.08. The second-order valence-corrected chi connectivity index (χ2v) is 4.97.